The molecule has 116 valence electrons. The van der Waals surface area contributed by atoms with Crippen molar-refractivity contribution in [1.82, 2.24) is 9.88 Å². The second-order valence-corrected chi connectivity index (χ2v) is 6.28. The minimum atomic E-state index is 0.00800. The van der Waals surface area contributed by atoms with E-state index in [0.717, 1.165) is 12.2 Å². The summed E-state index contributed by atoms with van der Waals surface area (Å²) in [5.74, 6) is 0.706. The lowest BCUT2D eigenvalue weighted by atomic mass is 9.92. The van der Waals surface area contributed by atoms with Gasteiger partial charge in [-0.3, -0.25) is 9.78 Å². The molecule has 0 radical (unpaired) electrons. The van der Waals surface area contributed by atoms with Crippen LogP contribution in [0.4, 0.5) is 5.69 Å². The molecule has 0 aromatic carbocycles. The lowest BCUT2D eigenvalue weighted by molar-refractivity contribution is 0.0767. The molecule has 2 rings (SSSR count). The maximum Gasteiger partial charge on any atom is 0.272 e. The van der Waals surface area contributed by atoms with Gasteiger partial charge in [0.2, 0.25) is 0 Å². The molecule has 1 aliphatic rings. The minimum Gasteiger partial charge on any atom is -0.384 e. The molecule has 0 bridgehead atoms. The Morgan fingerprint density at radius 1 is 1.38 bits per heavy atom. The zero-order valence-corrected chi connectivity index (χ0v) is 13.6. The summed E-state index contributed by atoms with van der Waals surface area (Å²) in [6, 6.07) is 3.81. The number of amides is 1. The number of aromatic nitrogens is 1. The Labute approximate surface area is 127 Å². The number of rotatable bonds is 7. The van der Waals surface area contributed by atoms with Crippen molar-refractivity contribution in [3.05, 3.63) is 24.0 Å². The number of hydrogen-bond acceptors (Lipinski definition) is 3. The van der Waals surface area contributed by atoms with Crippen LogP contribution in [0, 0.1) is 11.3 Å². The van der Waals surface area contributed by atoms with E-state index in [1.165, 1.54) is 12.8 Å². The number of anilines is 1. The van der Waals surface area contributed by atoms with Crippen LogP contribution in [0.2, 0.25) is 0 Å². The summed E-state index contributed by atoms with van der Waals surface area (Å²) in [4.78, 5) is 18.3. The van der Waals surface area contributed by atoms with Crippen LogP contribution in [0.5, 0.6) is 0 Å². The molecular formula is C17H27N3O. The number of nitrogens with zero attached hydrogens (tertiary/aromatic N) is 2. The molecule has 1 fully saturated rings. The number of hydrogen-bond donors (Lipinski definition) is 1. The fraction of sp³-hybridized carbons (Fsp3) is 0.647. The highest BCUT2D eigenvalue weighted by Crippen LogP contribution is 2.51. The van der Waals surface area contributed by atoms with Crippen molar-refractivity contribution in [2.24, 2.45) is 11.3 Å². The molecule has 1 heterocycles. The lowest BCUT2D eigenvalue weighted by Crippen LogP contribution is -2.31. The maximum atomic E-state index is 12.3. The third-order valence-electron chi connectivity index (χ3n) is 4.79. The van der Waals surface area contributed by atoms with Gasteiger partial charge in [0.25, 0.3) is 5.91 Å². The van der Waals surface area contributed by atoms with E-state index in [0.29, 0.717) is 30.1 Å². The van der Waals surface area contributed by atoms with Crippen molar-refractivity contribution in [2.45, 2.75) is 40.5 Å². The van der Waals surface area contributed by atoms with Crippen molar-refractivity contribution < 1.29 is 4.79 Å². The van der Waals surface area contributed by atoms with Crippen LogP contribution in [-0.2, 0) is 0 Å². The van der Waals surface area contributed by atoms with Gasteiger partial charge in [0.1, 0.15) is 5.69 Å². The summed E-state index contributed by atoms with van der Waals surface area (Å²) < 4.78 is 0. The Hall–Kier alpha value is -1.58. The highest BCUT2D eigenvalue weighted by Gasteiger charge is 2.44. The number of pyridine rings is 1. The quantitative estimate of drug-likeness (QED) is 0.836. The summed E-state index contributed by atoms with van der Waals surface area (Å²) >= 11 is 0. The second-order valence-electron chi connectivity index (χ2n) is 6.28. The van der Waals surface area contributed by atoms with Gasteiger partial charge in [0.05, 0.1) is 0 Å². The van der Waals surface area contributed by atoms with Gasteiger partial charge in [-0.05, 0) is 50.2 Å². The van der Waals surface area contributed by atoms with E-state index in [1.807, 2.05) is 26.0 Å². The average molecular weight is 289 g/mol. The predicted molar refractivity (Wildman–Crippen MR) is 86.5 cm³/mol. The van der Waals surface area contributed by atoms with E-state index in [9.17, 15) is 4.79 Å². The van der Waals surface area contributed by atoms with Crippen LogP contribution in [-0.4, -0.2) is 35.4 Å². The molecule has 1 amide bonds. The first-order valence-corrected chi connectivity index (χ1v) is 8.01. The van der Waals surface area contributed by atoms with E-state index < -0.39 is 0 Å². The second kappa shape index (κ2) is 6.46. The van der Waals surface area contributed by atoms with Crippen molar-refractivity contribution in [2.75, 3.05) is 25.0 Å². The molecular weight excluding hydrogens is 262 g/mol. The predicted octanol–water partition coefficient (Wildman–Crippen LogP) is 3.41. The minimum absolute atomic E-state index is 0.00800. The van der Waals surface area contributed by atoms with Gasteiger partial charge in [0.15, 0.2) is 0 Å². The fourth-order valence-corrected chi connectivity index (χ4v) is 2.73. The summed E-state index contributed by atoms with van der Waals surface area (Å²) in [5, 5.41) is 3.49. The molecule has 4 nitrogen and oxygen atoms in total. The summed E-state index contributed by atoms with van der Waals surface area (Å²) in [5.41, 5.74) is 1.97. The van der Waals surface area contributed by atoms with E-state index >= 15 is 0 Å². The molecule has 0 spiro atoms. The van der Waals surface area contributed by atoms with Crippen LogP contribution in [0.25, 0.3) is 0 Å². The first-order valence-electron chi connectivity index (χ1n) is 8.01. The molecule has 4 heteroatoms. The highest BCUT2D eigenvalue weighted by atomic mass is 16.2. The standard InChI is InChI=1S/C17H27N3O/c1-5-20(6-2)16(21)15-11-14(7-10-18-15)19-12-17(8-9-17)13(3)4/h7,10-11,13H,5-6,8-9,12H2,1-4H3,(H,18,19). The topological polar surface area (TPSA) is 45.2 Å². The molecule has 0 atom stereocenters. The third-order valence-corrected chi connectivity index (χ3v) is 4.79. The Balaban J connectivity index is 2.03. The van der Waals surface area contributed by atoms with Crippen LogP contribution < -0.4 is 5.32 Å². The van der Waals surface area contributed by atoms with E-state index in [-0.39, 0.29) is 5.91 Å². The molecule has 21 heavy (non-hydrogen) atoms. The zero-order chi connectivity index (χ0) is 15.5. The largest absolute Gasteiger partial charge is 0.384 e. The van der Waals surface area contributed by atoms with E-state index in [2.05, 4.69) is 24.1 Å². The number of carbonyl (C=O) groups is 1. The van der Waals surface area contributed by atoms with Gasteiger partial charge in [-0.25, -0.2) is 0 Å². The Kier molecular flexibility index (Phi) is 4.86. The average Bonchev–Trinajstić information content (AvgIpc) is 3.28. The molecule has 0 saturated heterocycles. The van der Waals surface area contributed by atoms with Gasteiger partial charge in [-0.15, -0.1) is 0 Å². The normalized spacial score (nSPS) is 15.9. The van der Waals surface area contributed by atoms with Gasteiger partial charge >= 0.3 is 0 Å². The summed E-state index contributed by atoms with van der Waals surface area (Å²) in [7, 11) is 0. The van der Waals surface area contributed by atoms with Gasteiger partial charge in [-0.2, -0.15) is 0 Å². The first kappa shape index (κ1) is 15.8. The van der Waals surface area contributed by atoms with E-state index in [1.54, 1.807) is 11.1 Å². The maximum absolute atomic E-state index is 12.3. The molecule has 1 aliphatic carbocycles. The van der Waals surface area contributed by atoms with Crippen molar-refractivity contribution >= 4 is 11.6 Å². The monoisotopic (exact) mass is 289 g/mol. The molecule has 1 aromatic heterocycles. The van der Waals surface area contributed by atoms with Crippen molar-refractivity contribution in [3.63, 3.8) is 0 Å². The van der Waals surface area contributed by atoms with Crippen LogP contribution in [0.1, 0.15) is 51.0 Å². The first-order chi connectivity index (χ1) is 10.0. The zero-order valence-electron chi connectivity index (χ0n) is 13.6. The smallest absolute Gasteiger partial charge is 0.272 e. The molecule has 1 aromatic rings. The molecule has 1 saturated carbocycles. The Morgan fingerprint density at radius 2 is 2.05 bits per heavy atom. The fourth-order valence-electron chi connectivity index (χ4n) is 2.73. The Bertz CT molecular complexity index is 491. The van der Waals surface area contributed by atoms with Gasteiger partial charge in [-0.1, -0.05) is 13.8 Å². The molecule has 0 aliphatic heterocycles. The van der Waals surface area contributed by atoms with Gasteiger partial charge < -0.3 is 10.2 Å². The van der Waals surface area contributed by atoms with Gasteiger partial charge in [0, 0.05) is 31.5 Å². The highest BCUT2D eigenvalue weighted by molar-refractivity contribution is 5.93. The summed E-state index contributed by atoms with van der Waals surface area (Å²) in [6.07, 6.45) is 4.32. The van der Waals surface area contributed by atoms with Crippen molar-refractivity contribution in [3.8, 4) is 0 Å². The third kappa shape index (κ3) is 3.55. The van der Waals surface area contributed by atoms with Crippen LogP contribution >= 0.6 is 0 Å². The number of nitrogens with one attached hydrogen (secondary N) is 1. The number of carbonyl (C=O) groups excluding carboxylic acids is 1. The van der Waals surface area contributed by atoms with E-state index in [4.69, 9.17) is 0 Å². The summed E-state index contributed by atoms with van der Waals surface area (Å²) in [6.45, 7) is 11.0. The SMILES string of the molecule is CCN(CC)C(=O)c1cc(NCC2(C(C)C)CC2)ccn1. The van der Waals surface area contributed by atoms with Crippen molar-refractivity contribution in [1.29, 1.82) is 0 Å². The Morgan fingerprint density at radius 3 is 2.57 bits per heavy atom. The molecule has 1 N–H and O–H groups in total. The van der Waals surface area contributed by atoms with Crippen LogP contribution in [0.3, 0.4) is 0 Å². The lowest BCUT2D eigenvalue weighted by Gasteiger charge is -2.21. The van der Waals surface area contributed by atoms with Crippen LogP contribution in [0.15, 0.2) is 18.3 Å². The molecule has 0 unspecified atom stereocenters.